The molecular weight excluding hydrogens is 180 g/mol. The SMILES string of the molecule is CC(C)CNc1nn(C)cc1C(N)=O. The van der Waals surface area contributed by atoms with Gasteiger partial charge in [-0.15, -0.1) is 0 Å². The number of anilines is 1. The van der Waals surface area contributed by atoms with Gasteiger partial charge < -0.3 is 11.1 Å². The van der Waals surface area contributed by atoms with Crippen molar-refractivity contribution in [3.05, 3.63) is 11.8 Å². The summed E-state index contributed by atoms with van der Waals surface area (Å²) in [6, 6.07) is 0. The molecule has 3 N–H and O–H groups in total. The summed E-state index contributed by atoms with van der Waals surface area (Å²) in [4.78, 5) is 11.0. The number of nitrogens with zero attached hydrogens (tertiary/aromatic N) is 2. The third kappa shape index (κ3) is 2.48. The average Bonchev–Trinajstić information content (AvgIpc) is 2.43. The largest absolute Gasteiger partial charge is 0.368 e. The first-order valence-electron chi connectivity index (χ1n) is 4.58. The van der Waals surface area contributed by atoms with Gasteiger partial charge in [0.25, 0.3) is 5.91 Å². The zero-order valence-electron chi connectivity index (χ0n) is 8.74. The van der Waals surface area contributed by atoms with E-state index in [1.807, 2.05) is 0 Å². The van der Waals surface area contributed by atoms with Gasteiger partial charge in [0.15, 0.2) is 5.82 Å². The van der Waals surface area contributed by atoms with E-state index < -0.39 is 5.91 Å². The van der Waals surface area contributed by atoms with E-state index in [-0.39, 0.29) is 0 Å². The lowest BCUT2D eigenvalue weighted by atomic mass is 10.2. The Bertz CT molecular complexity index is 330. The van der Waals surface area contributed by atoms with Gasteiger partial charge in [-0.25, -0.2) is 0 Å². The second-order valence-electron chi connectivity index (χ2n) is 3.70. The quantitative estimate of drug-likeness (QED) is 0.740. The highest BCUT2D eigenvalue weighted by molar-refractivity contribution is 5.97. The second kappa shape index (κ2) is 4.13. The molecule has 0 fully saturated rings. The smallest absolute Gasteiger partial charge is 0.254 e. The number of aromatic nitrogens is 2. The van der Waals surface area contributed by atoms with Crippen LogP contribution in [0, 0.1) is 5.92 Å². The van der Waals surface area contributed by atoms with Crippen molar-refractivity contribution < 1.29 is 4.79 Å². The molecule has 0 unspecified atom stereocenters. The molecule has 0 saturated carbocycles. The van der Waals surface area contributed by atoms with Gasteiger partial charge >= 0.3 is 0 Å². The van der Waals surface area contributed by atoms with Gasteiger partial charge in [0.1, 0.15) is 5.56 Å². The molecule has 0 radical (unpaired) electrons. The molecule has 1 amide bonds. The number of hydrogen-bond donors (Lipinski definition) is 2. The van der Waals surface area contributed by atoms with E-state index in [4.69, 9.17) is 5.73 Å². The molecule has 1 aromatic heterocycles. The topological polar surface area (TPSA) is 72.9 Å². The van der Waals surface area contributed by atoms with Gasteiger partial charge in [-0.2, -0.15) is 5.10 Å². The highest BCUT2D eigenvalue weighted by atomic mass is 16.1. The van der Waals surface area contributed by atoms with Gasteiger partial charge in [0, 0.05) is 19.8 Å². The molecule has 0 aliphatic rings. The number of aryl methyl sites for hydroxylation is 1. The normalized spacial score (nSPS) is 10.6. The molecule has 1 heterocycles. The number of hydrogen-bond acceptors (Lipinski definition) is 3. The maximum absolute atomic E-state index is 11.0. The summed E-state index contributed by atoms with van der Waals surface area (Å²) in [5.74, 6) is 0.607. The molecule has 0 spiro atoms. The average molecular weight is 196 g/mol. The fourth-order valence-corrected chi connectivity index (χ4v) is 1.10. The molecular formula is C9H16N4O. The number of carbonyl (C=O) groups excluding carboxylic acids is 1. The van der Waals surface area contributed by atoms with Crippen molar-refractivity contribution in [3.63, 3.8) is 0 Å². The summed E-state index contributed by atoms with van der Waals surface area (Å²) in [5, 5.41) is 7.19. The van der Waals surface area contributed by atoms with Crippen molar-refractivity contribution in [3.8, 4) is 0 Å². The van der Waals surface area contributed by atoms with Crippen molar-refractivity contribution in [1.82, 2.24) is 9.78 Å². The zero-order valence-corrected chi connectivity index (χ0v) is 8.74. The standard InChI is InChI=1S/C9H16N4O/c1-6(2)4-11-9-7(8(10)14)5-13(3)12-9/h5-6H,4H2,1-3H3,(H2,10,14)(H,11,12). The van der Waals surface area contributed by atoms with Crippen LogP contribution in [0.4, 0.5) is 5.82 Å². The summed E-state index contributed by atoms with van der Waals surface area (Å²) in [6.07, 6.45) is 1.62. The van der Waals surface area contributed by atoms with Gasteiger partial charge in [-0.1, -0.05) is 13.8 Å². The molecule has 5 nitrogen and oxygen atoms in total. The summed E-state index contributed by atoms with van der Waals surface area (Å²) in [7, 11) is 1.76. The summed E-state index contributed by atoms with van der Waals surface area (Å²) in [5.41, 5.74) is 5.64. The molecule has 0 aliphatic carbocycles. The number of nitrogens with two attached hydrogens (primary N) is 1. The molecule has 78 valence electrons. The van der Waals surface area contributed by atoms with E-state index >= 15 is 0 Å². The minimum absolute atomic E-state index is 0.438. The van der Waals surface area contributed by atoms with E-state index in [0.717, 1.165) is 6.54 Å². The van der Waals surface area contributed by atoms with Crippen molar-refractivity contribution >= 4 is 11.7 Å². The van der Waals surface area contributed by atoms with Crippen LogP contribution in [-0.4, -0.2) is 22.2 Å². The Morgan fingerprint density at radius 1 is 1.71 bits per heavy atom. The maximum atomic E-state index is 11.0. The number of primary amides is 1. The van der Waals surface area contributed by atoms with Gasteiger partial charge in [-0.05, 0) is 5.92 Å². The van der Waals surface area contributed by atoms with Gasteiger partial charge in [0.05, 0.1) is 0 Å². The highest BCUT2D eigenvalue weighted by Crippen LogP contribution is 2.11. The van der Waals surface area contributed by atoms with Crippen LogP contribution in [0.25, 0.3) is 0 Å². The van der Waals surface area contributed by atoms with Crippen LogP contribution in [0.2, 0.25) is 0 Å². The monoisotopic (exact) mass is 196 g/mol. The fourth-order valence-electron chi connectivity index (χ4n) is 1.10. The molecule has 0 bridgehead atoms. The van der Waals surface area contributed by atoms with Crippen LogP contribution in [0.1, 0.15) is 24.2 Å². The lowest BCUT2D eigenvalue weighted by molar-refractivity contribution is 0.100. The molecule has 0 aliphatic heterocycles. The zero-order chi connectivity index (χ0) is 10.7. The Labute approximate surface area is 83.3 Å². The summed E-state index contributed by atoms with van der Waals surface area (Å²) in [6.45, 7) is 4.94. The lowest BCUT2D eigenvalue weighted by Gasteiger charge is -2.06. The van der Waals surface area contributed by atoms with Crippen molar-refractivity contribution in [2.45, 2.75) is 13.8 Å². The van der Waals surface area contributed by atoms with E-state index in [9.17, 15) is 4.79 Å². The Hall–Kier alpha value is -1.52. The summed E-state index contributed by atoms with van der Waals surface area (Å²) < 4.78 is 1.57. The summed E-state index contributed by atoms with van der Waals surface area (Å²) >= 11 is 0. The van der Waals surface area contributed by atoms with Gasteiger partial charge in [-0.3, -0.25) is 9.48 Å². The van der Waals surface area contributed by atoms with Crippen molar-refractivity contribution in [1.29, 1.82) is 0 Å². The van der Waals surface area contributed by atoms with Crippen molar-refractivity contribution in [2.24, 2.45) is 18.7 Å². The van der Waals surface area contributed by atoms with Crippen LogP contribution in [0.3, 0.4) is 0 Å². The number of carbonyl (C=O) groups is 1. The Balaban J connectivity index is 2.79. The fraction of sp³-hybridized carbons (Fsp3) is 0.556. The molecule has 0 aromatic carbocycles. The van der Waals surface area contributed by atoms with Gasteiger partial charge in [0.2, 0.25) is 0 Å². The first-order chi connectivity index (χ1) is 6.50. The minimum atomic E-state index is -0.454. The van der Waals surface area contributed by atoms with Crippen molar-refractivity contribution in [2.75, 3.05) is 11.9 Å². The molecule has 5 heteroatoms. The number of amides is 1. The highest BCUT2D eigenvalue weighted by Gasteiger charge is 2.12. The van der Waals surface area contributed by atoms with Crippen LogP contribution >= 0.6 is 0 Å². The predicted molar refractivity (Wildman–Crippen MR) is 55.1 cm³/mol. The number of nitrogens with one attached hydrogen (secondary N) is 1. The van der Waals surface area contributed by atoms with E-state index in [0.29, 0.717) is 17.3 Å². The van der Waals surface area contributed by atoms with Crippen LogP contribution in [0.15, 0.2) is 6.20 Å². The lowest BCUT2D eigenvalue weighted by Crippen LogP contribution is -2.15. The minimum Gasteiger partial charge on any atom is -0.368 e. The molecule has 1 aromatic rings. The van der Waals surface area contributed by atoms with Crippen LogP contribution < -0.4 is 11.1 Å². The second-order valence-corrected chi connectivity index (χ2v) is 3.70. The Morgan fingerprint density at radius 3 is 2.86 bits per heavy atom. The maximum Gasteiger partial charge on any atom is 0.254 e. The Morgan fingerprint density at radius 2 is 2.36 bits per heavy atom. The Kier molecular flexibility index (Phi) is 3.11. The van der Waals surface area contributed by atoms with E-state index in [1.165, 1.54) is 0 Å². The molecule has 0 saturated heterocycles. The van der Waals surface area contributed by atoms with E-state index in [2.05, 4.69) is 24.3 Å². The third-order valence-electron chi connectivity index (χ3n) is 1.77. The van der Waals surface area contributed by atoms with E-state index in [1.54, 1.807) is 17.9 Å². The predicted octanol–water partition coefficient (Wildman–Crippen LogP) is 0.587. The molecule has 0 atom stereocenters. The number of rotatable bonds is 4. The molecule has 1 rings (SSSR count). The van der Waals surface area contributed by atoms with Crippen LogP contribution in [-0.2, 0) is 7.05 Å². The third-order valence-corrected chi connectivity index (χ3v) is 1.77. The molecule has 14 heavy (non-hydrogen) atoms. The first-order valence-corrected chi connectivity index (χ1v) is 4.58. The first kappa shape index (κ1) is 10.6. The van der Waals surface area contributed by atoms with Crippen LogP contribution in [0.5, 0.6) is 0 Å².